The number of hydrogen-bond donors (Lipinski definition) is 1. The Morgan fingerprint density at radius 2 is 2.06 bits per heavy atom. The summed E-state index contributed by atoms with van der Waals surface area (Å²) >= 11 is 0. The van der Waals surface area contributed by atoms with Crippen molar-refractivity contribution in [2.75, 3.05) is 6.54 Å². The van der Waals surface area contributed by atoms with E-state index in [9.17, 15) is 4.79 Å². The molecule has 1 rings (SSSR count). The lowest BCUT2D eigenvalue weighted by molar-refractivity contribution is -0.132. The predicted molar refractivity (Wildman–Crippen MR) is 70.5 cm³/mol. The second-order valence-corrected chi connectivity index (χ2v) is 4.36. The number of nitrogens with zero attached hydrogens (tertiary/aromatic N) is 2. The van der Waals surface area contributed by atoms with Gasteiger partial charge in [-0.15, -0.1) is 0 Å². The molecule has 0 aliphatic carbocycles. The fourth-order valence-corrected chi connectivity index (χ4v) is 1.73. The number of carbonyl (C=O) groups excluding carboxylic acids is 1. The van der Waals surface area contributed by atoms with Crippen LogP contribution in [0.5, 0.6) is 0 Å². The molecule has 0 heterocycles. The first-order valence-corrected chi connectivity index (χ1v) is 6.12. The summed E-state index contributed by atoms with van der Waals surface area (Å²) in [7, 11) is 0. The summed E-state index contributed by atoms with van der Waals surface area (Å²) in [4.78, 5) is 13.7. The van der Waals surface area contributed by atoms with Crippen molar-refractivity contribution < 1.29 is 4.79 Å². The summed E-state index contributed by atoms with van der Waals surface area (Å²) in [5.41, 5.74) is 7.27. The fourth-order valence-electron chi connectivity index (χ4n) is 1.73. The van der Waals surface area contributed by atoms with Crippen LogP contribution in [-0.4, -0.2) is 23.4 Å². The Morgan fingerprint density at radius 1 is 1.44 bits per heavy atom. The van der Waals surface area contributed by atoms with Crippen molar-refractivity contribution in [1.82, 2.24) is 4.90 Å². The van der Waals surface area contributed by atoms with Crippen LogP contribution in [0.4, 0.5) is 0 Å². The van der Waals surface area contributed by atoms with Gasteiger partial charge in [0, 0.05) is 13.1 Å². The van der Waals surface area contributed by atoms with Crippen LogP contribution in [0.15, 0.2) is 24.3 Å². The van der Waals surface area contributed by atoms with E-state index in [1.165, 1.54) is 0 Å². The van der Waals surface area contributed by atoms with E-state index >= 15 is 0 Å². The van der Waals surface area contributed by atoms with E-state index in [2.05, 4.69) is 6.07 Å². The molecule has 0 unspecified atom stereocenters. The maximum Gasteiger partial charge on any atom is 0.239 e. The highest BCUT2D eigenvalue weighted by Crippen LogP contribution is 2.08. The second kappa shape index (κ2) is 6.77. The van der Waals surface area contributed by atoms with E-state index in [1.54, 1.807) is 24.0 Å². The quantitative estimate of drug-likeness (QED) is 0.857. The molecular weight excluding hydrogens is 226 g/mol. The van der Waals surface area contributed by atoms with Crippen LogP contribution in [0, 0.1) is 11.3 Å². The monoisotopic (exact) mass is 245 g/mol. The summed E-state index contributed by atoms with van der Waals surface area (Å²) in [5, 5.41) is 8.72. The lowest BCUT2D eigenvalue weighted by Gasteiger charge is -2.24. The van der Waals surface area contributed by atoms with Crippen LogP contribution in [0.2, 0.25) is 0 Å². The molecule has 0 fully saturated rings. The van der Waals surface area contributed by atoms with Gasteiger partial charge >= 0.3 is 0 Å². The van der Waals surface area contributed by atoms with Gasteiger partial charge in [-0.25, -0.2) is 0 Å². The van der Waals surface area contributed by atoms with Gasteiger partial charge in [0.1, 0.15) is 0 Å². The van der Waals surface area contributed by atoms with Crippen LogP contribution in [0.1, 0.15) is 31.4 Å². The number of amides is 1. The van der Waals surface area contributed by atoms with Gasteiger partial charge in [0.2, 0.25) is 5.91 Å². The number of hydrogen-bond acceptors (Lipinski definition) is 3. The van der Waals surface area contributed by atoms with Crippen LogP contribution < -0.4 is 5.73 Å². The SMILES string of the molecule is CCCN(Cc1ccc(C#N)cc1)C(=O)[C@H](C)N. The standard InChI is InChI=1S/C14H19N3O/c1-3-8-17(14(18)11(2)16)10-13-6-4-12(9-15)5-7-13/h4-7,11H,3,8,10,16H2,1-2H3/t11-/m0/s1. The average molecular weight is 245 g/mol. The number of nitriles is 1. The second-order valence-electron chi connectivity index (χ2n) is 4.36. The molecule has 96 valence electrons. The first-order chi connectivity index (χ1) is 8.58. The summed E-state index contributed by atoms with van der Waals surface area (Å²) in [5.74, 6) is -0.0405. The molecule has 0 bridgehead atoms. The Labute approximate surface area is 108 Å². The third-order valence-corrected chi connectivity index (χ3v) is 2.65. The first-order valence-electron chi connectivity index (χ1n) is 6.12. The molecule has 1 amide bonds. The van der Waals surface area contributed by atoms with E-state index in [-0.39, 0.29) is 5.91 Å². The third-order valence-electron chi connectivity index (χ3n) is 2.65. The number of rotatable bonds is 5. The Morgan fingerprint density at radius 3 is 2.50 bits per heavy atom. The molecule has 1 atom stereocenters. The van der Waals surface area contributed by atoms with Gasteiger partial charge in [-0.05, 0) is 31.0 Å². The predicted octanol–water partition coefficient (Wildman–Crippen LogP) is 1.64. The molecule has 0 spiro atoms. The zero-order valence-corrected chi connectivity index (χ0v) is 10.9. The first kappa shape index (κ1) is 14.2. The van der Waals surface area contributed by atoms with Gasteiger partial charge in [0.15, 0.2) is 0 Å². The van der Waals surface area contributed by atoms with Gasteiger partial charge < -0.3 is 10.6 Å². The number of nitrogens with two attached hydrogens (primary N) is 1. The normalized spacial score (nSPS) is 11.7. The summed E-state index contributed by atoms with van der Waals surface area (Å²) in [6, 6.07) is 8.86. The molecule has 0 saturated heterocycles. The van der Waals surface area contributed by atoms with Crippen LogP contribution >= 0.6 is 0 Å². The highest BCUT2D eigenvalue weighted by Gasteiger charge is 2.16. The van der Waals surface area contributed by atoms with Crippen molar-refractivity contribution in [3.63, 3.8) is 0 Å². The average Bonchev–Trinajstić information content (AvgIpc) is 2.38. The van der Waals surface area contributed by atoms with Crippen LogP contribution in [0.3, 0.4) is 0 Å². The molecule has 0 saturated carbocycles. The minimum absolute atomic E-state index is 0.0405. The third kappa shape index (κ3) is 3.86. The lowest BCUT2D eigenvalue weighted by Crippen LogP contribution is -2.42. The lowest BCUT2D eigenvalue weighted by atomic mass is 10.1. The largest absolute Gasteiger partial charge is 0.337 e. The van der Waals surface area contributed by atoms with E-state index in [0.717, 1.165) is 12.0 Å². The molecular formula is C14H19N3O. The minimum Gasteiger partial charge on any atom is -0.337 e. The molecule has 2 N–H and O–H groups in total. The number of benzene rings is 1. The molecule has 0 aliphatic heterocycles. The van der Waals surface area contributed by atoms with E-state index in [0.29, 0.717) is 18.7 Å². The molecule has 18 heavy (non-hydrogen) atoms. The van der Waals surface area contributed by atoms with Crippen molar-refractivity contribution >= 4 is 5.91 Å². The van der Waals surface area contributed by atoms with Crippen molar-refractivity contribution in [3.05, 3.63) is 35.4 Å². The van der Waals surface area contributed by atoms with Gasteiger partial charge in [-0.2, -0.15) is 5.26 Å². The molecule has 1 aromatic carbocycles. The Bertz CT molecular complexity index is 431. The van der Waals surface area contributed by atoms with Crippen molar-refractivity contribution in [3.8, 4) is 6.07 Å². The number of carbonyl (C=O) groups is 1. The Kier molecular flexibility index (Phi) is 5.34. The maximum atomic E-state index is 11.9. The molecule has 4 heteroatoms. The molecule has 0 radical (unpaired) electrons. The Hall–Kier alpha value is -1.86. The molecule has 0 aromatic heterocycles. The minimum atomic E-state index is -0.477. The summed E-state index contributed by atoms with van der Waals surface area (Å²) in [6.07, 6.45) is 0.898. The van der Waals surface area contributed by atoms with E-state index in [1.807, 2.05) is 19.1 Å². The zero-order chi connectivity index (χ0) is 13.5. The fraction of sp³-hybridized carbons (Fsp3) is 0.429. The van der Waals surface area contributed by atoms with Gasteiger partial charge in [0.05, 0.1) is 17.7 Å². The van der Waals surface area contributed by atoms with Gasteiger partial charge in [-0.1, -0.05) is 19.1 Å². The maximum absolute atomic E-state index is 11.9. The van der Waals surface area contributed by atoms with Crippen molar-refractivity contribution in [2.24, 2.45) is 5.73 Å². The van der Waals surface area contributed by atoms with Gasteiger partial charge in [0.25, 0.3) is 0 Å². The molecule has 4 nitrogen and oxygen atoms in total. The summed E-state index contributed by atoms with van der Waals surface area (Å²) in [6.45, 7) is 4.96. The van der Waals surface area contributed by atoms with Crippen LogP contribution in [0.25, 0.3) is 0 Å². The van der Waals surface area contributed by atoms with E-state index in [4.69, 9.17) is 11.0 Å². The highest BCUT2D eigenvalue weighted by atomic mass is 16.2. The Balaban J connectivity index is 2.76. The smallest absolute Gasteiger partial charge is 0.239 e. The zero-order valence-electron chi connectivity index (χ0n) is 10.9. The van der Waals surface area contributed by atoms with E-state index < -0.39 is 6.04 Å². The van der Waals surface area contributed by atoms with Crippen LogP contribution in [-0.2, 0) is 11.3 Å². The van der Waals surface area contributed by atoms with Gasteiger partial charge in [-0.3, -0.25) is 4.79 Å². The molecule has 1 aromatic rings. The topological polar surface area (TPSA) is 70.1 Å². The summed E-state index contributed by atoms with van der Waals surface area (Å²) < 4.78 is 0. The van der Waals surface area contributed by atoms with Crippen molar-refractivity contribution in [2.45, 2.75) is 32.9 Å². The molecule has 0 aliphatic rings. The highest BCUT2D eigenvalue weighted by molar-refractivity contribution is 5.81. The van der Waals surface area contributed by atoms with Crippen molar-refractivity contribution in [1.29, 1.82) is 5.26 Å².